The van der Waals surface area contributed by atoms with Crippen molar-refractivity contribution in [2.45, 2.75) is 38.0 Å². The van der Waals surface area contributed by atoms with Crippen LogP contribution in [0.2, 0.25) is 0 Å². The number of non-ortho nitro benzene ring substituents is 1. The van der Waals surface area contributed by atoms with Gasteiger partial charge in [-0.05, 0) is 61.2 Å². The van der Waals surface area contributed by atoms with Crippen LogP contribution in [0.1, 0.15) is 36.8 Å². The topological polar surface area (TPSA) is 111 Å². The highest BCUT2D eigenvalue weighted by molar-refractivity contribution is 6.00. The second kappa shape index (κ2) is 8.12. The molecule has 1 aliphatic rings. The van der Waals surface area contributed by atoms with Gasteiger partial charge in [-0.2, -0.15) is 4.98 Å². The quantitative estimate of drug-likeness (QED) is 0.320. The molecule has 1 fully saturated rings. The first kappa shape index (κ1) is 20.8. The first-order chi connectivity index (χ1) is 16.0. The molecule has 1 amide bonds. The number of nitrogens with one attached hydrogen (secondary N) is 1. The Hall–Kier alpha value is -4.07. The molecule has 0 unspecified atom stereocenters. The van der Waals surface area contributed by atoms with Crippen LogP contribution in [-0.2, 0) is 10.2 Å². The SMILES string of the molecule is Cc1cc(-c2nc3ncccc3o2)ccc1NC(=O)C1(c2ccc([N+](=O)[O-])cc2)CCCC1. The summed E-state index contributed by atoms with van der Waals surface area (Å²) in [5, 5.41) is 14.1. The van der Waals surface area contributed by atoms with Crippen LogP contribution in [0.25, 0.3) is 22.7 Å². The molecule has 0 aliphatic heterocycles. The van der Waals surface area contributed by atoms with E-state index in [9.17, 15) is 14.9 Å². The van der Waals surface area contributed by atoms with Crippen LogP contribution in [0.4, 0.5) is 11.4 Å². The summed E-state index contributed by atoms with van der Waals surface area (Å²) in [6.45, 7) is 1.92. The van der Waals surface area contributed by atoms with E-state index < -0.39 is 10.3 Å². The maximum absolute atomic E-state index is 13.5. The summed E-state index contributed by atoms with van der Waals surface area (Å²) >= 11 is 0. The number of pyridine rings is 1. The van der Waals surface area contributed by atoms with Crippen molar-refractivity contribution < 1.29 is 14.1 Å². The molecule has 0 bridgehead atoms. The maximum atomic E-state index is 13.5. The fourth-order valence-electron chi connectivity index (χ4n) is 4.60. The lowest BCUT2D eigenvalue weighted by Crippen LogP contribution is -2.38. The number of rotatable bonds is 5. The summed E-state index contributed by atoms with van der Waals surface area (Å²) in [5.74, 6) is 0.388. The number of benzene rings is 2. The summed E-state index contributed by atoms with van der Waals surface area (Å²) in [6, 6.07) is 15.6. The summed E-state index contributed by atoms with van der Waals surface area (Å²) in [7, 11) is 0. The largest absolute Gasteiger partial charge is 0.434 e. The van der Waals surface area contributed by atoms with Gasteiger partial charge < -0.3 is 9.73 Å². The second-order valence-corrected chi connectivity index (χ2v) is 8.42. The van der Waals surface area contributed by atoms with Crippen LogP contribution in [0.3, 0.4) is 0 Å². The fraction of sp³-hybridized carbons (Fsp3) is 0.240. The van der Waals surface area contributed by atoms with Crippen molar-refractivity contribution in [1.82, 2.24) is 9.97 Å². The van der Waals surface area contributed by atoms with Gasteiger partial charge in [0, 0.05) is 29.6 Å². The van der Waals surface area contributed by atoms with E-state index in [1.807, 2.05) is 31.2 Å². The third kappa shape index (κ3) is 3.73. The Morgan fingerprint density at radius 2 is 1.88 bits per heavy atom. The number of carbonyl (C=O) groups excluding carboxylic acids is 1. The number of nitro groups is 1. The van der Waals surface area contributed by atoms with E-state index >= 15 is 0 Å². The van der Waals surface area contributed by atoms with Crippen LogP contribution < -0.4 is 5.32 Å². The normalized spacial score (nSPS) is 14.9. The number of nitro benzene ring substituents is 1. The van der Waals surface area contributed by atoms with Crippen LogP contribution in [0, 0.1) is 17.0 Å². The molecule has 4 aromatic rings. The molecule has 33 heavy (non-hydrogen) atoms. The molecule has 2 aromatic heterocycles. The predicted octanol–water partition coefficient (Wildman–Crippen LogP) is 5.56. The average molecular weight is 442 g/mol. The van der Waals surface area contributed by atoms with Gasteiger partial charge >= 0.3 is 0 Å². The number of oxazole rings is 1. The third-order valence-corrected chi connectivity index (χ3v) is 6.41. The van der Waals surface area contributed by atoms with E-state index in [2.05, 4.69) is 15.3 Å². The lowest BCUT2D eigenvalue weighted by Gasteiger charge is -2.28. The zero-order chi connectivity index (χ0) is 23.0. The minimum Gasteiger partial charge on any atom is -0.434 e. The van der Waals surface area contributed by atoms with Crippen molar-refractivity contribution in [2.75, 3.05) is 5.32 Å². The zero-order valence-corrected chi connectivity index (χ0v) is 18.1. The first-order valence-electron chi connectivity index (χ1n) is 10.9. The third-order valence-electron chi connectivity index (χ3n) is 6.41. The van der Waals surface area contributed by atoms with Crippen LogP contribution in [-0.4, -0.2) is 20.8 Å². The molecule has 166 valence electrons. The fourth-order valence-corrected chi connectivity index (χ4v) is 4.60. The highest BCUT2D eigenvalue weighted by Gasteiger charge is 2.43. The summed E-state index contributed by atoms with van der Waals surface area (Å²) in [4.78, 5) is 32.7. The molecule has 5 rings (SSSR count). The molecule has 8 nitrogen and oxygen atoms in total. The van der Waals surface area contributed by atoms with Crippen LogP contribution in [0.15, 0.2) is 65.2 Å². The lowest BCUT2D eigenvalue weighted by molar-refractivity contribution is -0.384. The Bertz CT molecular complexity index is 1320. The second-order valence-electron chi connectivity index (χ2n) is 8.42. The molecule has 0 spiro atoms. The van der Waals surface area contributed by atoms with Gasteiger partial charge in [0.2, 0.25) is 11.8 Å². The molecule has 1 N–H and O–H groups in total. The number of aromatic nitrogens is 2. The van der Waals surface area contributed by atoms with Gasteiger partial charge in [0.15, 0.2) is 11.2 Å². The van der Waals surface area contributed by atoms with E-state index in [0.717, 1.165) is 29.5 Å². The van der Waals surface area contributed by atoms with Crippen molar-refractivity contribution in [3.8, 4) is 11.5 Å². The van der Waals surface area contributed by atoms with Gasteiger partial charge in [0.25, 0.3) is 5.69 Å². The van der Waals surface area contributed by atoms with Crippen molar-refractivity contribution in [2.24, 2.45) is 0 Å². The number of anilines is 1. The van der Waals surface area contributed by atoms with Gasteiger partial charge in [0.05, 0.1) is 10.3 Å². The van der Waals surface area contributed by atoms with Crippen molar-refractivity contribution in [3.63, 3.8) is 0 Å². The van der Waals surface area contributed by atoms with E-state index in [1.54, 1.807) is 24.4 Å². The maximum Gasteiger partial charge on any atom is 0.269 e. The smallest absolute Gasteiger partial charge is 0.269 e. The first-order valence-corrected chi connectivity index (χ1v) is 10.9. The highest BCUT2D eigenvalue weighted by atomic mass is 16.6. The Balaban J connectivity index is 1.41. The van der Waals surface area contributed by atoms with Crippen molar-refractivity contribution >= 4 is 28.5 Å². The standard InChI is InChI=1S/C25H22N4O4/c1-16-15-17(23-28-22-21(33-23)5-4-14-26-22)6-11-20(16)27-24(30)25(12-2-3-13-25)18-7-9-19(10-8-18)29(31)32/h4-11,14-15H,2-3,12-13H2,1H3,(H,27,30). The highest BCUT2D eigenvalue weighted by Crippen LogP contribution is 2.42. The molecule has 0 atom stereocenters. The van der Waals surface area contributed by atoms with E-state index in [0.29, 0.717) is 35.6 Å². The summed E-state index contributed by atoms with van der Waals surface area (Å²) in [6.07, 6.45) is 4.97. The number of fused-ring (bicyclic) bond motifs is 1. The number of hydrogen-bond acceptors (Lipinski definition) is 6. The monoisotopic (exact) mass is 442 g/mol. The number of aryl methyl sites for hydroxylation is 1. The molecule has 1 aliphatic carbocycles. The Labute approximate surface area is 189 Å². The molecule has 1 saturated carbocycles. The van der Waals surface area contributed by atoms with E-state index in [-0.39, 0.29) is 11.6 Å². The molecule has 8 heteroatoms. The number of carbonyl (C=O) groups is 1. The summed E-state index contributed by atoms with van der Waals surface area (Å²) < 4.78 is 5.80. The number of nitrogens with zero attached hydrogens (tertiary/aromatic N) is 3. The van der Waals surface area contributed by atoms with Gasteiger partial charge in [0.1, 0.15) is 0 Å². The molecule has 0 saturated heterocycles. The average Bonchev–Trinajstić information content (AvgIpc) is 3.48. The van der Waals surface area contributed by atoms with Crippen molar-refractivity contribution in [1.29, 1.82) is 0 Å². The number of hydrogen-bond donors (Lipinski definition) is 1. The van der Waals surface area contributed by atoms with Crippen LogP contribution in [0.5, 0.6) is 0 Å². The zero-order valence-electron chi connectivity index (χ0n) is 18.1. The minimum absolute atomic E-state index is 0.0214. The predicted molar refractivity (Wildman–Crippen MR) is 124 cm³/mol. The molecule has 2 aromatic carbocycles. The Morgan fingerprint density at radius 1 is 1.12 bits per heavy atom. The van der Waals surface area contributed by atoms with Crippen LogP contribution >= 0.6 is 0 Å². The molecular formula is C25H22N4O4. The van der Waals surface area contributed by atoms with E-state index in [4.69, 9.17) is 4.42 Å². The van der Waals surface area contributed by atoms with E-state index in [1.165, 1.54) is 12.1 Å². The molecular weight excluding hydrogens is 420 g/mol. The number of amides is 1. The van der Waals surface area contributed by atoms with Gasteiger partial charge in [-0.3, -0.25) is 14.9 Å². The van der Waals surface area contributed by atoms with Gasteiger partial charge in [-0.25, -0.2) is 4.98 Å². The van der Waals surface area contributed by atoms with Gasteiger partial charge in [-0.15, -0.1) is 0 Å². The lowest BCUT2D eigenvalue weighted by atomic mass is 9.77. The van der Waals surface area contributed by atoms with Crippen molar-refractivity contribution in [3.05, 3.63) is 82.0 Å². The Kier molecular flexibility index (Phi) is 5.12. The minimum atomic E-state index is -0.688. The van der Waals surface area contributed by atoms with Gasteiger partial charge in [-0.1, -0.05) is 25.0 Å². The molecule has 2 heterocycles. The Morgan fingerprint density at radius 3 is 2.55 bits per heavy atom. The summed E-state index contributed by atoms with van der Waals surface area (Å²) in [5.41, 5.74) is 3.72. The molecule has 0 radical (unpaired) electrons.